The molecule has 0 aliphatic rings. The number of benzene rings is 1. The molecule has 0 aromatic heterocycles. The van der Waals surface area contributed by atoms with E-state index in [1.807, 2.05) is 0 Å². The van der Waals surface area contributed by atoms with Crippen molar-refractivity contribution in [3.05, 3.63) is 35.6 Å². The fourth-order valence-electron chi connectivity index (χ4n) is 1.03. The maximum atomic E-state index is 13.0. The summed E-state index contributed by atoms with van der Waals surface area (Å²) in [5, 5.41) is 9.50. The molecule has 0 heterocycles. The van der Waals surface area contributed by atoms with Gasteiger partial charge in [-0.3, -0.25) is 5.41 Å². The molecule has 0 saturated heterocycles. The minimum absolute atomic E-state index is 0. The number of nitrogens with one attached hydrogen (secondary N) is 2. The molecule has 3 nitrogen and oxygen atoms in total. The van der Waals surface area contributed by atoms with Crippen molar-refractivity contribution in [1.29, 1.82) is 5.41 Å². The lowest BCUT2D eigenvalue weighted by Crippen LogP contribution is -2.31. The number of nitrogens with two attached hydrogens (primary N) is 1. The summed E-state index contributed by atoms with van der Waals surface area (Å²) in [4.78, 5) is 0. The number of halogens is 2. The summed E-state index contributed by atoms with van der Waals surface area (Å²) in [5.74, 6) is -0.302. The second-order valence-electron chi connectivity index (χ2n) is 2.68. The molecule has 0 fully saturated rings. The van der Waals surface area contributed by atoms with Gasteiger partial charge in [0.25, 0.3) is 0 Å². The van der Waals surface area contributed by atoms with Crippen molar-refractivity contribution in [2.45, 2.75) is 6.42 Å². The van der Waals surface area contributed by atoms with Gasteiger partial charge in [-0.25, -0.2) is 4.39 Å². The molecule has 1 aromatic rings. The first-order valence-corrected chi connectivity index (χ1v) is 4.01. The van der Waals surface area contributed by atoms with Crippen molar-refractivity contribution >= 4 is 18.4 Å². The van der Waals surface area contributed by atoms with Crippen LogP contribution in [0.2, 0.25) is 0 Å². The van der Waals surface area contributed by atoms with Crippen LogP contribution in [0.3, 0.4) is 0 Å². The quantitative estimate of drug-likeness (QED) is 0.528. The van der Waals surface area contributed by atoms with Crippen molar-refractivity contribution in [3.63, 3.8) is 0 Å². The van der Waals surface area contributed by atoms with Gasteiger partial charge in [-0.05, 0) is 18.1 Å². The van der Waals surface area contributed by atoms with Crippen LogP contribution in [0.25, 0.3) is 0 Å². The fraction of sp³-hybridized carbons (Fsp3) is 0.222. The van der Waals surface area contributed by atoms with Gasteiger partial charge < -0.3 is 11.1 Å². The normalized spacial score (nSPS) is 8.93. The van der Waals surface area contributed by atoms with Gasteiger partial charge in [0.1, 0.15) is 5.82 Å². The van der Waals surface area contributed by atoms with Gasteiger partial charge in [-0.15, -0.1) is 12.4 Å². The standard InChI is InChI=1S/C9H12FN3.ClH/c10-8-4-2-1-3-7(8)5-6-13-9(11)12;/h1-4H,5-6H2,(H4,11,12,13);1H. The minimum Gasteiger partial charge on any atom is -0.370 e. The van der Waals surface area contributed by atoms with E-state index in [1.165, 1.54) is 6.07 Å². The van der Waals surface area contributed by atoms with Crippen molar-refractivity contribution in [1.82, 2.24) is 5.32 Å². The highest BCUT2D eigenvalue weighted by molar-refractivity contribution is 5.85. The SMILES string of the molecule is Cl.N=C(N)NCCc1ccccc1F. The molecule has 0 saturated carbocycles. The van der Waals surface area contributed by atoms with Crippen molar-refractivity contribution in [3.8, 4) is 0 Å². The summed E-state index contributed by atoms with van der Waals surface area (Å²) in [6, 6.07) is 6.57. The van der Waals surface area contributed by atoms with Crippen LogP contribution >= 0.6 is 12.4 Å². The number of hydrogen-bond donors (Lipinski definition) is 3. The summed E-state index contributed by atoms with van der Waals surface area (Å²) in [6.45, 7) is 0.482. The maximum Gasteiger partial charge on any atom is 0.185 e. The average Bonchev–Trinajstić information content (AvgIpc) is 2.08. The third-order valence-electron chi connectivity index (χ3n) is 1.67. The number of hydrogen-bond acceptors (Lipinski definition) is 1. The molecule has 0 radical (unpaired) electrons. The first-order valence-electron chi connectivity index (χ1n) is 4.01. The second-order valence-corrected chi connectivity index (χ2v) is 2.68. The van der Waals surface area contributed by atoms with Crippen LogP contribution in [0, 0.1) is 11.2 Å². The van der Waals surface area contributed by atoms with E-state index in [0.717, 1.165) is 0 Å². The molecule has 0 aliphatic heterocycles. The predicted octanol–water partition coefficient (Wildman–Crippen LogP) is 1.27. The molecule has 78 valence electrons. The van der Waals surface area contributed by atoms with Gasteiger partial charge in [-0.2, -0.15) is 0 Å². The summed E-state index contributed by atoms with van der Waals surface area (Å²) >= 11 is 0. The van der Waals surface area contributed by atoms with E-state index in [4.69, 9.17) is 11.1 Å². The molecule has 5 heteroatoms. The van der Waals surface area contributed by atoms with Gasteiger partial charge in [0.15, 0.2) is 5.96 Å². The summed E-state index contributed by atoms with van der Waals surface area (Å²) in [5.41, 5.74) is 5.71. The molecule has 14 heavy (non-hydrogen) atoms. The number of guanidine groups is 1. The zero-order valence-corrected chi connectivity index (χ0v) is 8.40. The highest BCUT2D eigenvalue weighted by Crippen LogP contribution is 2.05. The van der Waals surface area contributed by atoms with Crippen LogP contribution in [0.4, 0.5) is 4.39 Å². The molecule has 0 atom stereocenters. The molecule has 0 spiro atoms. The van der Waals surface area contributed by atoms with Gasteiger partial charge in [0, 0.05) is 6.54 Å². The summed E-state index contributed by atoms with van der Waals surface area (Å²) in [6.07, 6.45) is 0.534. The van der Waals surface area contributed by atoms with E-state index in [1.54, 1.807) is 18.2 Å². The second kappa shape index (κ2) is 6.21. The Morgan fingerprint density at radius 3 is 2.64 bits per heavy atom. The fourth-order valence-corrected chi connectivity index (χ4v) is 1.03. The van der Waals surface area contributed by atoms with E-state index < -0.39 is 0 Å². The third kappa shape index (κ3) is 4.09. The maximum absolute atomic E-state index is 13.0. The molecule has 1 aromatic carbocycles. The van der Waals surface area contributed by atoms with Crippen LogP contribution in [0.1, 0.15) is 5.56 Å². The molecule has 0 unspecified atom stereocenters. The van der Waals surface area contributed by atoms with Crippen molar-refractivity contribution in [2.75, 3.05) is 6.54 Å². The van der Waals surface area contributed by atoms with E-state index >= 15 is 0 Å². The first-order chi connectivity index (χ1) is 6.20. The molecule has 0 amide bonds. The van der Waals surface area contributed by atoms with Gasteiger partial charge in [-0.1, -0.05) is 18.2 Å². The van der Waals surface area contributed by atoms with Gasteiger partial charge in [0.05, 0.1) is 0 Å². The Morgan fingerprint density at radius 1 is 1.43 bits per heavy atom. The van der Waals surface area contributed by atoms with E-state index in [0.29, 0.717) is 18.5 Å². The van der Waals surface area contributed by atoms with E-state index in [2.05, 4.69) is 5.32 Å². The summed E-state index contributed by atoms with van der Waals surface area (Å²) < 4.78 is 13.0. The third-order valence-corrected chi connectivity index (χ3v) is 1.67. The minimum atomic E-state index is -0.215. The van der Waals surface area contributed by atoms with Crippen LogP contribution in [-0.4, -0.2) is 12.5 Å². The Morgan fingerprint density at radius 2 is 2.07 bits per heavy atom. The monoisotopic (exact) mass is 217 g/mol. The van der Waals surface area contributed by atoms with Crippen LogP contribution in [0.15, 0.2) is 24.3 Å². The molecule has 0 bridgehead atoms. The highest BCUT2D eigenvalue weighted by atomic mass is 35.5. The van der Waals surface area contributed by atoms with Crippen LogP contribution in [-0.2, 0) is 6.42 Å². The van der Waals surface area contributed by atoms with Crippen molar-refractivity contribution < 1.29 is 4.39 Å². The van der Waals surface area contributed by atoms with Crippen LogP contribution in [0.5, 0.6) is 0 Å². The topological polar surface area (TPSA) is 61.9 Å². The Kier molecular flexibility index (Phi) is 5.64. The largest absolute Gasteiger partial charge is 0.370 e. The zero-order chi connectivity index (χ0) is 9.68. The smallest absolute Gasteiger partial charge is 0.185 e. The Bertz CT molecular complexity index is 304. The Hall–Kier alpha value is -1.29. The predicted molar refractivity (Wildman–Crippen MR) is 57.3 cm³/mol. The number of rotatable bonds is 3. The van der Waals surface area contributed by atoms with Gasteiger partial charge in [0.2, 0.25) is 0 Å². The lowest BCUT2D eigenvalue weighted by Gasteiger charge is -2.04. The summed E-state index contributed by atoms with van der Waals surface area (Å²) in [7, 11) is 0. The highest BCUT2D eigenvalue weighted by Gasteiger charge is 1.99. The lowest BCUT2D eigenvalue weighted by atomic mass is 10.1. The van der Waals surface area contributed by atoms with Crippen molar-refractivity contribution in [2.24, 2.45) is 5.73 Å². The first kappa shape index (κ1) is 12.7. The molecule has 0 aliphatic carbocycles. The molecular formula is C9H13ClFN3. The molecule has 4 N–H and O–H groups in total. The molecular weight excluding hydrogens is 205 g/mol. The van der Waals surface area contributed by atoms with E-state index in [9.17, 15) is 4.39 Å². The van der Waals surface area contributed by atoms with Gasteiger partial charge >= 0.3 is 0 Å². The average molecular weight is 218 g/mol. The lowest BCUT2D eigenvalue weighted by molar-refractivity contribution is 0.607. The Balaban J connectivity index is 0.00000169. The van der Waals surface area contributed by atoms with E-state index in [-0.39, 0.29) is 24.2 Å². The van der Waals surface area contributed by atoms with Crippen LogP contribution < -0.4 is 11.1 Å². The molecule has 1 rings (SSSR count). The Labute approximate surface area is 88.4 Å². The zero-order valence-electron chi connectivity index (χ0n) is 7.59.